The molecule has 156 valence electrons. The maximum atomic E-state index is 4.99. The Kier molecular flexibility index (Phi) is 5.02. The summed E-state index contributed by atoms with van der Waals surface area (Å²) in [5.74, 6) is 0. The highest BCUT2D eigenvalue weighted by atomic mass is 15.2. The Bertz CT molecular complexity index is 1200. The first-order valence-electron chi connectivity index (χ1n) is 11.3. The van der Waals surface area contributed by atoms with Gasteiger partial charge >= 0.3 is 0 Å². The lowest BCUT2D eigenvalue weighted by Crippen LogP contribution is -2.36. The molecule has 3 aromatic carbocycles. The Morgan fingerprint density at radius 1 is 0.839 bits per heavy atom. The van der Waals surface area contributed by atoms with Crippen molar-refractivity contribution < 1.29 is 0 Å². The predicted octanol–water partition coefficient (Wildman–Crippen LogP) is 6.88. The zero-order chi connectivity index (χ0) is 21.4. The van der Waals surface area contributed by atoms with Crippen LogP contribution in [-0.2, 0) is 18.3 Å². The number of para-hydroxylation sites is 1. The fourth-order valence-corrected chi connectivity index (χ4v) is 4.75. The fraction of sp³-hybridized carbons (Fsp3) is 0.276. The molecule has 31 heavy (non-hydrogen) atoms. The van der Waals surface area contributed by atoms with Gasteiger partial charge in [0.05, 0.1) is 11.6 Å². The SMILES string of the molecule is CC(C)(C)c1ccc(N2CCc3ccccc3C2Cc2ccc3ccccc3n2)cc1. The third-order valence-electron chi connectivity index (χ3n) is 6.54. The molecular formula is C29H30N2. The summed E-state index contributed by atoms with van der Waals surface area (Å²) in [6, 6.07) is 31.2. The van der Waals surface area contributed by atoms with E-state index in [1.54, 1.807) is 0 Å². The van der Waals surface area contributed by atoms with Crippen molar-refractivity contribution in [3.05, 3.63) is 107 Å². The Morgan fingerprint density at radius 3 is 2.39 bits per heavy atom. The van der Waals surface area contributed by atoms with Crippen molar-refractivity contribution in [1.82, 2.24) is 4.98 Å². The Labute approximate surface area is 185 Å². The summed E-state index contributed by atoms with van der Waals surface area (Å²) < 4.78 is 0. The molecule has 0 spiro atoms. The van der Waals surface area contributed by atoms with E-state index in [0.717, 1.165) is 30.6 Å². The van der Waals surface area contributed by atoms with Crippen LogP contribution in [-0.4, -0.2) is 11.5 Å². The van der Waals surface area contributed by atoms with Crippen LogP contribution in [0.4, 0.5) is 5.69 Å². The van der Waals surface area contributed by atoms with Gasteiger partial charge in [-0.3, -0.25) is 4.98 Å². The molecule has 1 atom stereocenters. The number of pyridine rings is 1. The van der Waals surface area contributed by atoms with Crippen LogP contribution in [0.5, 0.6) is 0 Å². The second-order valence-corrected chi connectivity index (χ2v) is 9.65. The molecule has 1 aromatic heterocycles. The Balaban J connectivity index is 1.52. The summed E-state index contributed by atoms with van der Waals surface area (Å²) in [7, 11) is 0. The van der Waals surface area contributed by atoms with Crippen molar-refractivity contribution in [1.29, 1.82) is 0 Å². The van der Waals surface area contributed by atoms with Crippen LogP contribution in [0.25, 0.3) is 10.9 Å². The second-order valence-electron chi connectivity index (χ2n) is 9.65. The summed E-state index contributed by atoms with van der Waals surface area (Å²) in [6.07, 6.45) is 1.99. The molecule has 0 radical (unpaired) electrons. The molecule has 0 amide bonds. The van der Waals surface area contributed by atoms with E-state index in [2.05, 4.69) is 111 Å². The van der Waals surface area contributed by atoms with Gasteiger partial charge in [-0.2, -0.15) is 0 Å². The van der Waals surface area contributed by atoms with Gasteiger partial charge in [0.25, 0.3) is 0 Å². The molecule has 2 heteroatoms. The van der Waals surface area contributed by atoms with Crippen molar-refractivity contribution in [3.63, 3.8) is 0 Å². The quantitative estimate of drug-likeness (QED) is 0.369. The molecule has 2 heterocycles. The number of hydrogen-bond donors (Lipinski definition) is 0. The van der Waals surface area contributed by atoms with Gasteiger partial charge in [0.2, 0.25) is 0 Å². The number of aromatic nitrogens is 1. The summed E-state index contributed by atoms with van der Waals surface area (Å²) >= 11 is 0. The van der Waals surface area contributed by atoms with Gasteiger partial charge in [-0.25, -0.2) is 0 Å². The zero-order valence-corrected chi connectivity index (χ0v) is 18.7. The van der Waals surface area contributed by atoms with Crippen LogP contribution < -0.4 is 4.90 Å². The van der Waals surface area contributed by atoms with Gasteiger partial charge in [0, 0.05) is 29.7 Å². The molecule has 2 nitrogen and oxygen atoms in total. The third kappa shape index (κ3) is 3.95. The van der Waals surface area contributed by atoms with Gasteiger partial charge in [-0.15, -0.1) is 0 Å². The van der Waals surface area contributed by atoms with E-state index in [0.29, 0.717) is 6.04 Å². The number of rotatable bonds is 3. The summed E-state index contributed by atoms with van der Waals surface area (Å²) in [5.41, 5.74) is 7.97. The highest BCUT2D eigenvalue weighted by Gasteiger charge is 2.28. The minimum Gasteiger partial charge on any atom is -0.364 e. The van der Waals surface area contributed by atoms with Crippen LogP contribution in [0.15, 0.2) is 84.9 Å². The molecule has 0 saturated carbocycles. The molecule has 4 aromatic rings. The maximum absolute atomic E-state index is 4.99. The Hall–Kier alpha value is -3.13. The average molecular weight is 407 g/mol. The minimum absolute atomic E-state index is 0.168. The standard InChI is InChI=1S/C29H30N2/c1-29(2,3)23-13-16-25(17-14-23)31-19-18-21-8-4-6-10-26(21)28(31)20-24-15-12-22-9-5-7-11-27(22)30-24/h4-17,28H,18-20H2,1-3H3. The molecule has 0 bridgehead atoms. The van der Waals surface area contributed by atoms with E-state index in [9.17, 15) is 0 Å². The van der Waals surface area contributed by atoms with E-state index < -0.39 is 0 Å². The lowest BCUT2D eigenvalue weighted by molar-refractivity contribution is 0.572. The monoisotopic (exact) mass is 406 g/mol. The van der Waals surface area contributed by atoms with Crippen LogP contribution in [0.2, 0.25) is 0 Å². The zero-order valence-electron chi connectivity index (χ0n) is 18.7. The van der Waals surface area contributed by atoms with E-state index in [1.807, 2.05) is 0 Å². The average Bonchev–Trinajstić information content (AvgIpc) is 2.79. The summed E-state index contributed by atoms with van der Waals surface area (Å²) in [6.45, 7) is 7.85. The second kappa shape index (κ2) is 7.85. The number of benzene rings is 3. The molecular weight excluding hydrogens is 376 g/mol. The van der Waals surface area contributed by atoms with Gasteiger partial charge in [0.15, 0.2) is 0 Å². The van der Waals surface area contributed by atoms with E-state index in [1.165, 1.54) is 27.8 Å². The summed E-state index contributed by atoms with van der Waals surface area (Å²) in [5, 5.41) is 1.20. The largest absolute Gasteiger partial charge is 0.364 e. The highest BCUT2D eigenvalue weighted by molar-refractivity contribution is 5.78. The first-order chi connectivity index (χ1) is 15.0. The molecule has 1 aliphatic heterocycles. The van der Waals surface area contributed by atoms with Gasteiger partial charge in [0.1, 0.15) is 0 Å². The lowest BCUT2D eigenvalue weighted by atomic mass is 9.86. The van der Waals surface area contributed by atoms with Crippen LogP contribution in [0.3, 0.4) is 0 Å². The van der Waals surface area contributed by atoms with Gasteiger partial charge in [-0.05, 0) is 52.8 Å². The first kappa shape index (κ1) is 19.8. The summed E-state index contributed by atoms with van der Waals surface area (Å²) in [4.78, 5) is 7.57. The Morgan fingerprint density at radius 2 is 1.58 bits per heavy atom. The van der Waals surface area contributed by atoms with Crippen molar-refractivity contribution in [2.24, 2.45) is 0 Å². The van der Waals surface area contributed by atoms with Gasteiger partial charge in [-0.1, -0.05) is 81.4 Å². The number of nitrogens with zero attached hydrogens (tertiary/aromatic N) is 2. The lowest BCUT2D eigenvalue weighted by Gasteiger charge is -2.39. The van der Waals surface area contributed by atoms with Crippen molar-refractivity contribution in [2.45, 2.75) is 45.1 Å². The number of anilines is 1. The first-order valence-corrected chi connectivity index (χ1v) is 11.3. The van der Waals surface area contributed by atoms with E-state index in [4.69, 9.17) is 4.98 Å². The van der Waals surface area contributed by atoms with E-state index >= 15 is 0 Å². The van der Waals surface area contributed by atoms with Crippen LogP contribution in [0.1, 0.15) is 49.2 Å². The van der Waals surface area contributed by atoms with Crippen molar-refractivity contribution in [2.75, 3.05) is 11.4 Å². The van der Waals surface area contributed by atoms with E-state index in [-0.39, 0.29) is 5.41 Å². The smallest absolute Gasteiger partial charge is 0.0705 e. The predicted molar refractivity (Wildman–Crippen MR) is 131 cm³/mol. The molecule has 1 unspecified atom stereocenters. The molecule has 0 N–H and O–H groups in total. The van der Waals surface area contributed by atoms with Crippen LogP contribution >= 0.6 is 0 Å². The van der Waals surface area contributed by atoms with Crippen LogP contribution in [0, 0.1) is 0 Å². The molecule has 5 rings (SSSR count). The topological polar surface area (TPSA) is 16.1 Å². The molecule has 0 aliphatic carbocycles. The minimum atomic E-state index is 0.168. The fourth-order valence-electron chi connectivity index (χ4n) is 4.75. The molecule has 0 saturated heterocycles. The van der Waals surface area contributed by atoms with Gasteiger partial charge < -0.3 is 4.90 Å². The third-order valence-corrected chi connectivity index (χ3v) is 6.54. The molecule has 0 fully saturated rings. The molecule has 1 aliphatic rings. The number of hydrogen-bond acceptors (Lipinski definition) is 2. The van der Waals surface area contributed by atoms with Crippen molar-refractivity contribution >= 4 is 16.6 Å². The highest BCUT2D eigenvalue weighted by Crippen LogP contribution is 2.36. The maximum Gasteiger partial charge on any atom is 0.0705 e. The normalized spacial score (nSPS) is 16.4. The van der Waals surface area contributed by atoms with Crippen molar-refractivity contribution in [3.8, 4) is 0 Å². The number of fused-ring (bicyclic) bond motifs is 2.